The van der Waals surface area contributed by atoms with Crippen molar-refractivity contribution in [2.45, 2.75) is 19.5 Å². The third-order valence-corrected chi connectivity index (χ3v) is 2.92. The standard InChI is InChI=1S/C15H15F2NO/c1-10(12-2-4-13(16)5-3-12)18-9-11-6-14(17)8-15(19)7-11/h2-8,10,18-19H,9H2,1H3. The topological polar surface area (TPSA) is 32.3 Å². The fourth-order valence-electron chi connectivity index (χ4n) is 1.88. The number of hydrogen-bond donors (Lipinski definition) is 2. The van der Waals surface area contributed by atoms with Gasteiger partial charge in [0.2, 0.25) is 0 Å². The maximum absolute atomic E-state index is 13.1. The summed E-state index contributed by atoms with van der Waals surface area (Å²) in [7, 11) is 0. The van der Waals surface area contributed by atoms with Crippen molar-refractivity contribution >= 4 is 0 Å². The molecule has 2 nitrogen and oxygen atoms in total. The minimum absolute atomic E-state index is 0.00557. The first-order valence-corrected chi connectivity index (χ1v) is 6.02. The summed E-state index contributed by atoms with van der Waals surface area (Å²) in [5, 5.41) is 12.5. The van der Waals surface area contributed by atoms with Gasteiger partial charge in [0, 0.05) is 18.7 Å². The Morgan fingerprint density at radius 3 is 2.37 bits per heavy atom. The molecule has 4 heteroatoms. The van der Waals surface area contributed by atoms with E-state index in [1.165, 1.54) is 24.3 Å². The first-order chi connectivity index (χ1) is 9.04. The van der Waals surface area contributed by atoms with Crippen LogP contribution in [0.25, 0.3) is 0 Å². The van der Waals surface area contributed by atoms with Crippen molar-refractivity contribution in [2.75, 3.05) is 0 Å². The van der Waals surface area contributed by atoms with Crippen LogP contribution in [0.3, 0.4) is 0 Å². The van der Waals surface area contributed by atoms with Gasteiger partial charge >= 0.3 is 0 Å². The highest BCUT2D eigenvalue weighted by Crippen LogP contribution is 2.17. The summed E-state index contributed by atoms with van der Waals surface area (Å²) in [6.07, 6.45) is 0. The second-order valence-electron chi connectivity index (χ2n) is 4.47. The van der Waals surface area contributed by atoms with E-state index in [2.05, 4.69) is 5.32 Å². The van der Waals surface area contributed by atoms with E-state index in [-0.39, 0.29) is 17.6 Å². The van der Waals surface area contributed by atoms with Gasteiger partial charge in [0.1, 0.15) is 17.4 Å². The molecule has 0 aliphatic carbocycles. The van der Waals surface area contributed by atoms with Gasteiger partial charge in [-0.05, 0) is 42.3 Å². The van der Waals surface area contributed by atoms with Gasteiger partial charge in [-0.3, -0.25) is 0 Å². The molecule has 0 radical (unpaired) electrons. The average Bonchev–Trinajstić information content (AvgIpc) is 2.36. The van der Waals surface area contributed by atoms with Crippen molar-refractivity contribution in [1.82, 2.24) is 5.32 Å². The van der Waals surface area contributed by atoms with E-state index in [4.69, 9.17) is 0 Å². The Balaban J connectivity index is 1.99. The minimum Gasteiger partial charge on any atom is -0.508 e. The Morgan fingerprint density at radius 1 is 1.05 bits per heavy atom. The molecule has 0 spiro atoms. The van der Waals surface area contributed by atoms with Crippen LogP contribution in [-0.4, -0.2) is 5.11 Å². The predicted octanol–water partition coefficient (Wildman–Crippen LogP) is 3.52. The molecule has 2 aromatic carbocycles. The lowest BCUT2D eigenvalue weighted by atomic mass is 10.1. The van der Waals surface area contributed by atoms with Gasteiger partial charge in [0.25, 0.3) is 0 Å². The van der Waals surface area contributed by atoms with Crippen LogP contribution in [0.15, 0.2) is 42.5 Å². The SMILES string of the molecule is CC(NCc1cc(O)cc(F)c1)c1ccc(F)cc1. The molecule has 100 valence electrons. The third-order valence-electron chi connectivity index (χ3n) is 2.92. The number of hydrogen-bond acceptors (Lipinski definition) is 2. The largest absolute Gasteiger partial charge is 0.508 e. The molecule has 1 atom stereocenters. The van der Waals surface area contributed by atoms with Gasteiger partial charge in [0.15, 0.2) is 0 Å². The highest BCUT2D eigenvalue weighted by atomic mass is 19.1. The van der Waals surface area contributed by atoms with Gasteiger partial charge in [-0.15, -0.1) is 0 Å². The molecule has 0 aliphatic rings. The van der Waals surface area contributed by atoms with Gasteiger partial charge in [-0.2, -0.15) is 0 Å². The number of aromatic hydroxyl groups is 1. The Labute approximate surface area is 110 Å². The lowest BCUT2D eigenvalue weighted by Gasteiger charge is -2.14. The molecule has 0 aliphatic heterocycles. The van der Waals surface area contributed by atoms with E-state index < -0.39 is 5.82 Å². The van der Waals surface area contributed by atoms with Gasteiger partial charge < -0.3 is 10.4 Å². The van der Waals surface area contributed by atoms with E-state index in [1.807, 2.05) is 6.92 Å². The Hall–Kier alpha value is -1.94. The highest BCUT2D eigenvalue weighted by molar-refractivity contribution is 5.28. The van der Waals surface area contributed by atoms with Crippen molar-refractivity contribution < 1.29 is 13.9 Å². The first kappa shape index (κ1) is 13.5. The Kier molecular flexibility index (Phi) is 4.12. The zero-order valence-corrected chi connectivity index (χ0v) is 10.5. The van der Waals surface area contributed by atoms with Crippen LogP contribution in [-0.2, 0) is 6.54 Å². The minimum atomic E-state index is -0.466. The summed E-state index contributed by atoms with van der Waals surface area (Å²) >= 11 is 0. The summed E-state index contributed by atoms with van der Waals surface area (Å²) in [6.45, 7) is 2.36. The Bertz CT molecular complexity index is 534. The van der Waals surface area contributed by atoms with Crippen molar-refractivity contribution in [3.05, 3.63) is 65.2 Å². The van der Waals surface area contributed by atoms with Crippen LogP contribution < -0.4 is 5.32 Å². The van der Waals surface area contributed by atoms with Gasteiger partial charge in [-0.1, -0.05) is 12.1 Å². The molecule has 1 unspecified atom stereocenters. The number of phenolic OH excluding ortho intramolecular Hbond substituents is 1. The number of rotatable bonds is 4. The highest BCUT2D eigenvalue weighted by Gasteiger charge is 2.06. The second-order valence-corrected chi connectivity index (χ2v) is 4.47. The lowest BCUT2D eigenvalue weighted by molar-refractivity contribution is 0.466. The molecule has 0 saturated carbocycles. The maximum Gasteiger partial charge on any atom is 0.127 e. The molecule has 2 N–H and O–H groups in total. The molecule has 0 saturated heterocycles. The van der Waals surface area contributed by atoms with E-state index in [1.54, 1.807) is 12.1 Å². The number of phenols is 1. The number of benzene rings is 2. The van der Waals surface area contributed by atoms with E-state index >= 15 is 0 Å². The number of halogens is 2. The molecular formula is C15H15F2NO. The zero-order valence-electron chi connectivity index (χ0n) is 10.5. The summed E-state index contributed by atoms with van der Waals surface area (Å²) in [4.78, 5) is 0. The summed E-state index contributed by atoms with van der Waals surface area (Å²) in [6, 6.07) is 10.2. The maximum atomic E-state index is 13.1. The molecule has 0 amide bonds. The number of nitrogens with one attached hydrogen (secondary N) is 1. The molecule has 0 bridgehead atoms. The van der Waals surface area contributed by atoms with Crippen molar-refractivity contribution in [3.63, 3.8) is 0 Å². The van der Waals surface area contributed by atoms with Crippen LogP contribution in [0, 0.1) is 11.6 Å². The smallest absolute Gasteiger partial charge is 0.127 e. The van der Waals surface area contributed by atoms with Crippen LogP contribution in [0.2, 0.25) is 0 Å². The van der Waals surface area contributed by atoms with Gasteiger partial charge in [-0.25, -0.2) is 8.78 Å². The third kappa shape index (κ3) is 3.76. The predicted molar refractivity (Wildman–Crippen MR) is 69.7 cm³/mol. The summed E-state index contributed by atoms with van der Waals surface area (Å²) < 4.78 is 25.9. The summed E-state index contributed by atoms with van der Waals surface area (Å²) in [5.41, 5.74) is 1.61. The molecular weight excluding hydrogens is 248 g/mol. The fourth-order valence-corrected chi connectivity index (χ4v) is 1.88. The fraction of sp³-hybridized carbons (Fsp3) is 0.200. The van der Waals surface area contributed by atoms with E-state index in [0.717, 1.165) is 11.6 Å². The molecule has 0 fully saturated rings. The van der Waals surface area contributed by atoms with Crippen LogP contribution in [0.4, 0.5) is 8.78 Å². The van der Waals surface area contributed by atoms with E-state index in [9.17, 15) is 13.9 Å². The van der Waals surface area contributed by atoms with Gasteiger partial charge in [0.05, 0.1) is 0 Å². The molecule has 19 heavy (non-hydrogen) atoms. The van der Waals surface area contributed by atoms with Crippen molar-refractivity contribution in [1.29, 1.82) is 0 Å². The molecule has 0 aromatic heterocycles. The zero-order chi connectivity index (χ0) is 13.8. The molecule has 2 rings (SSSR count). The average molecular weight is 263 g/mol. The quantitative estimate of drug-likeness (QED) is 0.884. The molecule has 2 aromatic rings. The molecule has 0 heterocycles. The summed E-state index contributed by atoms with van der Waals surface area (Å²) in [5.74, 6) is -0.830. The van der Waals surface area contributed by atoms with Crippen molar-refractivity contribution in [2.24, 2.45) is 0 Å². The van der Waals surface area contributed by atoms with E-state index in [0.29, 0.717) is 12.1 Å². The monoisotopic (exact) mass is 263 g/mol. The lowest BCUT2D eigenvalue weighted by Crippen LogP contribution is -2.18. The second kappa shape index (κ2) is 5.80. The van der Waals surface area contributed by atoms with Crippen LogP contribution in [0.1, 0.15) is 24.1 Å². The van der Waals surface area contributed by atoms with Crippen LogP contribution >= 0.6 is 0 Å². The van der Waals surface area contributed by atoms with Crippen LogP contribution in [0.5, 0.6) is 5.75 Å². The first-order valence-electron chi connectivity index (χ1n) is 6.02. The Morgan fingerprint density at radius 2 is 1.74 bits per heavy atom. The van der Waals surface area contributed by atoms with Crippen molar-refractivity contribution in [3.8, 4) is 5.75 Å². The normalized spacial score (nSPS) is 12.4.